The van der Waals surface area contributed by atoms with E-state index >= 15 is 0 Å². The minimum Gasteiger partial charge on any atom is -0.490 e. The zero-order chi connectivity index (χ0) is 15.2. The van der Waals surface area contributed by atoms with Gasteiger partial charge in [0, 0.05) is 21.1 Å². The molecular formula is C16H17Br2NO2. The summed E-state index contributed by atoms with van der Waals surface area (Å²) in [6.07, 6.45) is 0. The molecule has 0 aliphatic carbocycles. The highest BCUT2D eigenvalue weighted by molar-refractivity contribution is 9.10. The second-order valence-corrected chi connectivity index (χ2v) is 6.40. The topological polar surface area (TPSA) is 44.5 Å². The lowest BCUT2D eigenvalue weighted by Gasteiger charge is -2.14. The molecule has 2 N–H and O–H groups in total. The van der Waals surface area contributed by atoms with Gasteiger partial charge >= 0.3 is 0 Å². The fourth-order valence-electron chi connectivity index (χ4n) is 2.02. The van der Waals surface area contributed by atoms with E-state index in [1.165, 1.54) is 0 Å². The molecule has 0 unspecified atom stereocenters. The molecule has 0 spiro atoms. The summed E-state index contributed by atoms with van der Waals surface area (Å²) < 4.78 is 13.5. The van der Waals surface area contributed by atoms with Crippen LogP contribution in [0.1, 0.15) is 11.1 Å². The highest BCUT2D eigenvalue weighted by Crippen LogP contribution is 2.27. The van der Waals surface area contributed by atoms with Gasteiger partial charge in [-0.15, -0.1) is 0 Å². The fraction of sp³-hybridized carbons (Fsp3) is 0.250. The van der Waals surface area contributed by atoms with Crippen molar-refractivity contribution < 1.29 is 9.47 Å². The molecule has 0 saturated carbocycles. The normalized spacial score (nSPS) is 10.5. The Labute approximate surface area is 141 Å². The van der Waals surface area contributed by atoms with Gasteiger partial charge in [-0.1, -0.05) is 37.9 Å². The molecule has 0 saturated heterocycles. The van der Waals surface area contributed by atoms with E-state index in [0.717, 1.165) is 31.6 Å². The molecule has 0 heterocycles. The highest BCUT2D eigenvalue weighted by atomic mass is 79.9. The van der Waals surface area contributed by atoms with Crippen molar-refractivity contribution in [1.29, 1.82) is 0 Å². The van der Waals surface area contributed by atoms with Gasteiger partial charge in [-0.3, -0.25) is 0 Å². The number of rotatable bonds is 6. The molecule has 0 atom stereocenters. The van der Waals surface area contributed by atoms with Crippen molar-refractivity contribution >= 4 is 31.9 Å². The van der Waals surface area contributed by atoms with E-state index in [1.54, 1.807) is 0 Å². The molecule has 0 radical (unpaired) electrons. The average Bonchev–Trinajstić information content (AvgIpc) is 2.44. The monoisotopic (exact) mass is 413 g/mol. The van der Waals surface area contributed by atoms with Crippen molar-refractivity contribution in [2.45, 2.75) is 13.5 Å². The van der Waals surface area contributed by atoms with Crippen LogP contribution in [0.25, 0.3) is 0 Å². The molecule has 0 bridgehead atoms. The number of ether oxygens (including phenoxy) is 2. The van der Waals surface area contributed by atoms with Crippen LogP contribution >= 0.6 is 31.9 Å². The Balaban J connectivity index is 1.92. The van der Waals surface area contributed by atoms with Crippen LogP contribution in [0.15, 0.2) is 45.3 Å². The Morgan fingerprint density at radius 3 is 2.48 bits per heavy atom. The summed E-state index contributed by atoms with van der Waals surface area (Å²) in [5.74, 6) is 1.66. The van der Waals surface area contributed by atoms with Gasteiger partial charge in [0.05, 0.1) is 0 Å². The summed E-state index contributed by atoms with van der Waals surface area (Å²) in [6, 6.07) is 11.7. The SMILES string of the molecule is Cc1cc(Br)cc(CN)c1OCCOc1cccc(Br)c1. The fourth-order valence-corrected chi connectivity index (χ4v) is 3.02. The quantitative estimate of drug-likeness (QED) is 0.710. The molecule has 3 nitrogen and oxygen atoms in total. The largest absolute Gasteiger partial charge is 0.490 e. The van der Waals surface area contributed by atoms with Gasteiger partial charge in [0.25, 0.3) is 0 Å². The van der Waals surface area contributed by atoms with Gasteiger partial charge in [0.15, 0.2) is 0 Å². The van der Waals surface area contributed by atoms with Crippen molar-refractivity contribution in [2.75, 3.05) is 13.2 Å². The minimum absolute atomic E-state index is 0.447. The Morgan fingerprint density at radius 1 is 1.00 bits per heavy atom. The van der Waals surface area contributed by atoms with E-state index in [4.69, 9.17) is 15.2 Å². The molecule has 112 valence electrons. The van der Waals surface area contributed by atoms with E-state index in [9.17, 15) is 0 Å². The van der Waals surface area contributed by atoms with Crippen molar-refractivity contribution in [1.82, 2.24) is 0 Å². The second-order valence-electron chi connectivity index (χ2n) is 4.57. The molecule has 0 aliphatic heterocycles. The molecule has 2 rings (SSSR count). The Hall–Kier alpha value is -1.04. The lowest BCUT2D eigenvalue weighted by Crippen LogP contribution is -2.12. The summed E-state index contributed by atoms with van der Waals surface area (Å²) in [4.78, 5) is 0. The average molecular weight is 415 g/mol. The van der Waals surface area contributed by atoms with E-state index in [0.29, 0.717) is 19.8 Å². The standard InChI is InChI=1S/C16H17Br2NO2/c1-11-7-14(18)8-12(10-19)16(11)21-6-5-20-15-4-2-3-13(17)9-15/h2-4,7-9H,5-6,10,19H2,1H3. The summed E-state index contributed by atoms with van der Waals surface area (Å²) in [5.41, 5.74) is 7.82. The third-order valence-electron chi connectivity index (χ3n) is 2.93. The lowest BCUT2D eigenvalue weighted by molar-refractivity contribution is 0.215. The summed E-state index contributed by atoms with van der Waals surface area (Å²) in [5, 5.41) is 0. The Kier molecular flexibility index (Phi) is 6.08. The third-order valence-corrected chi connectivity index (χ3v) is 3.88. The zero-order valence-corrected chi connectivity index (χ0v) is 14.9. The van der Waals surface area contributed by atoms with E-state index in [-0.39, 0.29) is 0 Å². The van der Waals surface area contributed by atoms with Gasteiger partial charge < -0.3 is 15.2 Å². The van der Waals surface area contributed by atoms with Crippen LogP contribution in [0, 0.1) is 6.92 Å². The first-order valence-corrected chi connectivity index (χ1v) is 8.19. The molecular weight excluding hydrogens is 398 g/mol. The van der Waals surface area contributed by atoms with Gasteiger partial charge in [-0.05, 0) is 42.8 Å². The van der Waals surface area contributed by atoms with Crippen LogP contribution in [0.5, 0.6) is 11.5 Å². The van der Waals surface area contributed by atoms with E-state index in [2.05, 4.69) is 31.9 Å². The number of nitrogens with two attached hydrogens (primary N) is 1. The van der Waals surface area contributed by atoms with Crippen LogP contribution in [0.4, 0.5) is 0 Å². The maximum atomic E-state index is 5.83. The number of hydrogen-bond acceptors (Lipinski definition) is 3. The summed E-state index contributed by atoms with van der Waals surface area (Å²) in [6.45, 7) is 3.41. The zero-order valence-electron chi connectivity index (χ0n) is 11.7. The van der Waals surface area contributed by atoms with Crippen LogP contribution in [0.2, 0.25) is 0 Å². The molecule has 0 aromatic heterocycles. The van der Waals surface area contributed by atoms with Gasteiger partial charge in [0.2, 0.25) is 0 Å². The van der Waals surface area contributed by atoms with Crippen molar-refractivity contribution in [3.05, 3.63) is 56.5 Å². The molecule has 5 heteroatoms. The predicted molar refractivity (Wildman–Crippen MR) is 91.9 cm³/mol. The van der Waals surface area contributed by atoms with Crippen LogP contribution in [0.3, 0.4) is 0 Å². The van der Waals surface area contributed by atoms with Gasteiger partial charge in [-0.2, -0.15) is 0 Å². The summed E-state index contributed by atoms with van der Waals surface area (Å²) in [7, 11) is 0. The van der Waals surface area contributed by atoms with Gasteiger partial charge in [-0.25, -0.2) is 0 Å². The maximum Gasteiger partial charge on any atom is 0.126 e. The minimum atomic E-state index is 0.447. The number of benzene rings is 2. The first-order chi connectivity index (χ1) is 10.1. The van der Waals surface area contributed by atoms with Crippen LogP contribution in [-0.2, 0) is 6.54 Å². The van der Waals surface area contributed by atoms with Crippen molar-refractivity contribution in [2.24, 2.45) is 5.73 Å². The van der Waals surface area contributed by atoms with E-state index in [1.807, 2.05) is 43.3 Å². The Morgan fingerprint density at radius 2 is 1.76 bits per heavy atom. The molecule has 21 heavy (non-hydrogen) atoms. The smallest absolute Gasteiger partial charge is 0.126 e. The maximum absolute atomic E-state index is 5.83. The molecule has 2 aromatic rings. The molecule has 0 fully saturated rings. The van der Waals surface area contributed by atoms with E-state index < -0.39 is 0 Å². The molecule has 0 aliphatic rings. The predicted octanol–water partition coefficient (Wildman–Crippen LogP) is 4.44. The number of hydrogen-bond donors (Lipinski definition) is 1. The molecule has 0 amide bonds. The van der Waals surface area contributed by atoms with Crippen LogP contribution in [-0.4, -0.2) is 13.2 Å². The Bertz CT molecular complexity index is 617. The highest BCUT2D eigenvalue weighted by Gasteiger charge is 2.08. The van der Waals surface area contributed by atoms with Gasteiger partial charge in [0.1, 0.15) is 24.7 Å². The molecule has 2 aromatic carbocycles. The van der Waals surface area contributed by atoms with Crippen molar-refractivity contribution in [3.63, 3.8) is 0 Å². The first kappa shape index (κ1) is 16.3. The number of halogens is 2. The number of aryl methyl sites for hydroxylation is 1. The van der Waals surface area contributed by atoms with Crippen molar-refractivity contribution in [3.8, 4) is 11.5 Å². The van der Waals surface area contributed by atoms with Crippen LogP contribution < -0.4 is 15.2 Å². The lowest BCUT2D eigenvalue weighted by atomic mass is 10.1. The third kappa shape index (κ3) is 4.73. The summed E-state index contributed by atoms with van der Waals surface area (Å²) >= 11 is 6.88. The first-order valence-electron chi connectivity index (χ1n) is 6.60. The second kappa shape index (κ2) is 7.82.